The van der Waals surface area contributed by atoms with Gasteiger partial charge in [0.1, 0.15) is 0 Å². The Morgan fingerprint density at radius 1 is 1.35 bits per heavy atom. The Balaban J connectivity index is 1.71. The summed E-state index contributed by atoms with van der Waals surface area (Å²) in [7, 11) is 2.10. The Labute approximate surface area is 130 Å². The molecule has 112 valence electrons. The second-order valence-corrected chi connectivity index (χ2v) is 6.52. The second kappa shape index (κ2) is 8.13. The molecular formula is C16H24BrNO2. The van der Waals surface area contributed by atoms with Crippen LogP contribution >= 0.6 is 15.9 Å². The van der Waals surface area contributed by atoms with E-state index in [1.165, 1.54) is 19.3 Å². The number of aliphatic hydroxyl groups excluding tert-OH is 1. The average Bonchev–Trinajstić information content (AvgIpc) is 2.46. The molecule has 1 saturated heterocycles. The maximum Gasteiger partial charge on any atom is 0.0802 e. The van der Waals surface area contributed by atoms with Crippen molar-refractivity contribution in [3.63, 3.8) is 0 Å². The Kier molecular flexibility index (Phi) is 6.49. The van der Waals surface area contributed by atoms with Gasteiger partial charge in [0.05, 0.1) is 12.2 Å². The summed E-state index contributed by atoms with van der Waals surface area (Å²) in [6, 6.07) is 7.88. The molecule has 1 fully saturated rings. The van der Waals surface area contributed by atoms with Crippen LogP contribution in [0.4, 0.5) is 0 Å². The van der Waals surface area contributed by atoms with Crippen molar-refractivity contribution in [2.24, 2.45) is 0 Å². The van der Waals surface area contributed by atoms with Crippen LogP contribution in [-0.2, 0) is 4.74 Å². The van der Waals surface area contributed by atoms with E-state index in [9.17, 15) is 5.11 Å². The van der Waals surface area contributed by atoms with Gasteiger partial charge >= 0.3 is 0 Å². The topological polar surface area (TPSA) is 32.7 Å². The molecule has 0 bridgehead atoms. The molecule has 1 aliphatic rings. The summed E-state index contributed by atoms with van der Waals surface area (Å²) in [5.41, 5.74) is 0.982. The van der Waals surface area contributed by atoms with E-state index in [4.69, 9.17) is 4.74 Å². The number of nitrogens with zero attached hydrogens (tertiary/aromatic N) is 1. The van der Waals surface area contributed by atoms with Gasteiger partial charge in [-0.1, -0.05) is 28.1 Å². The first-order valence-corrected chi connectivity index (χ1v) is 8.18. The lowest BCUT2D eigenvalue weighted by atomic mass is 10.1. The van der Waals surface area contributed by atoms with Crippen molar-refractivity contribution in [1.29, 1.82) is 0 Å². The van der Waals surface area contributed by atoms with Crippen LogP contribution in [0.1, 0.15) is 37.4 Å². The highest BCUT2D eigenvalue weighted by Gasteiger charge is 2.16. The van der Waals surface area contributed by atoms with Crippen LogP contribution in [0.5, 0.6) is 0 Å². The van der Waals surface area contributed by atoms with Gasteiger partial charge in [-0.2, -0.15) is 0 Å². The van der Waals surface area contributed by atoms with E-state index < -0.39 is 6.10 Å². The van der Waals surface area contributed by atoms with Crippen LogP contribution in [0.25, 0.3) is 0 Å². The van der Waals surface area contributed by atoms with Gasteiger partial charge in [0.2, 0.25) is 0 Å². The van der Waals surface area contributed by atoms with Gasteiger partial charge in [-0.15, -0.1) is 0 Å². The molecule has 0 aliphatic carbocycles. The molecule has 1 heterocycles. The highest BCUT2D eigenvalue weighted by molar-refractivity contribution is 9.10. The number of rotatable bonds is 6. The zero-order chi connectivity index (χ0) is 14.4. The van der Waals surface area contributed by atoms with Crippen molar-refractivity contribution < 1.29 is 9.84 Å². The summed E-state index contributed by atoms with van der Waals surface area (Å²) in [5, 5.41) is 10.2. The van der Waals surface area contributed by atoms with Gasteiger partial charge in [-0.25, -0.2) is 0 Å². The molecule has 0 amide bonds. The summed E-state index contributed by atoms with van der Waals surface area (Å²) in [4.78, 5) is 2.26. The van der Waals surface area contributed by atoms with Crippen LogP contribution in [0, 0.1) is 0 Å². The lowest BCUT2D eigenvalue weighted by molar-refractivity contribution is -0.00327. The summed E-state index contributed by atoms with van der Waals surface area (Å²) in [6.07, 6.45) is 4.38. The fourth-order valence-corrected chi connectivity index (χ4v) is 2.85. The van der Waals surface area contributed by atoms with Gasteiger partial charge in [0, 0.05) is 24.2 Å². The zero-order valence-corrected chi connectivity index (χ0v) is 13.7. The summed E-state index contributed by atoms with van der Waals surface area (Å²) in [5.74, 6) is 0. The summed E-state index contributed by atoms with van der Waals surface area (Å²) in [6.45, 7) is 2.75. The maximum absolute atomic E-state index is 10.2. The molecular weight excluding hydrogens is 318 g/mol. The van der Waals surface area contributed by atoms with E-state index in [1.54, 1.807) is 0 Å². The predicted octanol–water partition coefficient (Wildman–Crippen LogP) is 3.37. The number of halogens is 1. The minimum Gasteiger partial charge on any atom is -0.388 e. The third-order valence-corrected chi connectivity index (χ3v) is 4.36. The van der Waals surface area contributed by atoms with Gasteiger partial charge < -0.3 is 14.7 Å². The van der Waals surface area contributed by atoms with E-state index in [2.05, 4.69) is 27.9 Å². The predicted molar refractivity (Wildman–Crippen MR) is 84.8 cm³/mol. The number of hydrogen-bond donors (Lipinski definition) is 1. The monoisotopic (exact) mass is 341 g/mol. The Bertz CT molecular complexity index is 390. The van der Waals surface area contributed by atoms with Crippen LogP contribution in [0.2, 0.25) is 0 Å². The van der Waals surface area contributed by atoms with Crippen molar-refractivity contribution in [3.05, 3.63) is 34.3 Å². The Morgan fingerprint density at radius 3 is 2.75 bits per heavy atom. The quantitative estimate of drug-likeness (QED) is 0.860. The van der Waals surface area contributed by atoms with Crippen LogP contribution in [0.15, 0.2) is 28.7 Å². The van der Waals surface area contributed by atoms with Crippen molar-refractivity contribution in [2.75, 3.05) is 26.7 Å². The van der Waals surface area contributed by atoms with Gasteiger partial charge in [0.15, 0.2) is 0 Å². The van der Waals surface area contributed by atoms with E-state index in [-0.39, 0.29) is 0 Å². The lowest BCUT2D eigenvalue weighted by Crippen LogP contribution is -2.34. The maximum atomic E-state index is 10.2. The highest BCUT2D eigenvalue weighted by atomic mass is 79.9. The minimum atomic E-state index is -0.391. The van der Waals surface area contributed by atoms with E-state index >= 15 is 0 Å². The van der Waals surface area contributed by atoms with Crippen molar-refractivity contribution in [2.45, 2.75) is 37.9 Å². The van der Waals surface area contributed by atoms with Gasteiger partial charge in [-0.05, 0) is 50.4 Å². The zero-order valence-electron chi connectivity index (χ0n) is 12.1. The fourth-order valence-electron chi connectivity index (χ4n) is 2.58. The molecule has 1 aromatic rings. The number of hydrogen-bond acceptors (Lipinski definition) is 3. The molecule has 2 rings (SSSR count). The molecule has 3 nitrogen and oxygen atoms in total. The fraction of sp³-hybridized carbons (Fsp3) is 0.625. The van der Waals surface area contributed by atoms with E-state index in [0.717, 1.165) is 36.2 Å². The molecule has 4 heteroatoms. The summed E-state index contributed by atoms with van der Waals surface area (Å²) < 4.78 is 6.79. The molecule has 1 N–H and O–H groups in total. The molecule has 0 aromatic heterocycles. The third kappa shape index (κ3) is 5.17. The van der Waals surface area contributed by atoms with Crippen molar-refractivity contribution in [1.82, 2.24) is 4.90 Å². The number of aliphatic hydroxyl groups is 1. The Morgan fingerprint density at radius 2 is 2.10 bits per heavy atom. The second-order valence-electron chi connectivity index (χ2n) is 5.61. The number of ether oxygens (including phenoxy) is 1. The van der Waals surface area contributed by atoms with Gasteiger partial charge in [-0.3, -0.25) is 0 Å². The first kappa shape index (κ1) is 16.0. The molecule has 2 atom stereocenters. The Hall–Kier alpha value is -0.420. The van der Waals surface area contributed by atoms with Crippen LogP contribution in [0.3, 0.4) is 0 Å². The van der Waals surface area contributed by atoms with E-state index in [0.29, 0.717) is 6.10 Å². The third-order valence-electron chi connectivity index (χ3n) is 3.83. The SMILES string of the molecule is CN(CCC(O)c1ccc(Br)cc1)CC1CCCCO1. The lowest BCUT2D eigenvalue weighted by Gasteiger charge is -2.27. The first-order valence-electron chi connectivity index (χ1n) is 7.39. The molecule has 1 aromatic carbocycles. The normalized spacial score (nSPS) is 21.1. The molecule has 0 saturated carbocycles. The van der Waals surface area contributed by atoms with Gasteiger partial charge in [0.25, 0.3) is 0 Å². The number of benzene rings is 1. The molecule has 0 radical (unpaired) electrons. The molecule has 20 heavy (non-hydrogen) atoms. The number of likely N-dealkylation sites (N-methyl/N-ethyl adjacent to an activating group) is 1. The summed E-state index contributed by atoms with van der Waals surface area (Å²) >= 11 is 3.41. The smallest absolute Gasteiger partial charge is 0.0802 e. The minimum absolute atomic E-state index is 0.374. The van der Waals surface area contributed by atoms with E-state index in [1.807, 2.05) is 24.3 Å². The van der Waals surface area contributed by atoms with Crippen molar-refractivity contribution >= 4 is 15.9 Å². The first-order chi connectivity index (χ1) is 9.65. The highest BCUT2D eigenvalue weighted by Crippen LogP contribution is 2.20. The molecule has 2 unspecified atom stereocenters. The largest absolute Gasteiger partial charge is 0.388 e. The standard InChI is InChI=1S/C16H24BrNO2/c1-18(12-15-4-2-3-11-20-15)10-9-16(19)13-5-7-14(17)8-6-13/h5-8,15-16,19H,2-4,9-12H2,1H3. The molecule has 1 aliphatic heterocycles. The molecule has 0 spiro atoms. The van der Waals surface area contributed by atoms with Crippen molar-refractivity contribution in [3.8, 4) is 0 Å². The van der Waals surface area contributed by atoms with Crippen LogP contribution < -0.4 is 0 Å². The van der Waals surface area contributed by atoms with Crippen LogP contribution in [-0.4, -0.2) is 42.9 Å². The average molecular weight is 342 g/mol.